The largest absolute Gasteiger partial charge is 0.373 e. The van der Waals surface area contributed by atoms with Crippen molar-refractivity contribution >= 4 is 17.3 Å². The van der Waals surface area contributed by atoms with Crippen molar-refractivity contribution in [3.05, 3.63) is 40.7 Å². The molecule has 1 aromatic carbocycles. The van der Waals surface area contributed by atoms with Crippen LogP contribution < -0.4 is 10.6 Å². The molecule has 0 spiro atoms. The summed E-state index contributed by atoms with van der Waals surface area (Å²) in [7, 11) is 1.88. The van der Waals surface area contributed by atoms with E-state index in [9.17, 15) is 0 Å². The highest BCUT2D eigenvalue weighted by atomic mass is 15.1. The summed E-state index contributed by atoms with van der Waals surface area (Å²) in [5.74, 6) is 2.59. The predicted octanol–water partition coefficient (Wildman–Crippen LogP) is 3.75. The lowest BCUT2D eigenvalue weighted by Gasteiger charge is -2.15. The van der Waals surface area contributed by atoms with Crippen LogP contribution in [-0.4, -0.2) is 17.0 Å². The number of benzene rings is 1. The summed E-state index contributed by atoms with van der Waals surface area (Å²) in [6, 6.07) is 6.36. The molecule has 0 unspecified atom stereocenters. The Morgan fingerprint density at radius 2 is 1.75 bits per heavy atom. The van der Waals surface area contributed by atoms with Crippen LogP contribution in [0.5, 0.6) is 0 Å². The average Bonchev–Trinajstić information content (AvgIpc) is 2.43. The molecule has 4 nitrogen and oxygen atoms in total. The number of aryl methyl sites for hydroxylation is 3. The maximum absolute atomic E-state index is 4.60. The summed E-state index contributed by atoms with van der Waals surface area (Å²) in [6.07, 6.45) is 0.816. The minimum Gasteiger partial charge on any atom is -0.373 e. The van der Waals surface area contributed by atoms with E-state index in [0.29, 0.717) is 0 Å². The quantitative estimate of drug-likeness (QED) is 0.888. The van der Waals surface area contributed by atoms with Crippen molar-refractivity contribution in [2.24, 2.45) is 0 Å². The van der Waals surface area contributed by atoms with Crippen molar-refractivity contribution < 1.29 is 0 Å². The Bertz CT molecular complexity index is 620. The molecule has 0 saturated heterocycles. The first-order valence-electron chi connectivity index (χ1n) is 6.94. The molecule has 0 radical (unpaired) electrons. The maximum Gasteiger partial charge on any atom is 0.139 e. The molecule has 20 heavy (non-hydrogen) atoms. The van der Waals surface area contributed by atoms with Crippen molar-refractivity contribution in [2.45, 2.75) is 34.1 Å². The number of hydrogen-bond acceptors (Lipinski definition) is 4. The molecule has 0 fully saturated rings. The third-order valence-electron chi connectivity index (χ3n) is 3.38. The van der Waals surface area contributed by atoms with Crippen LogP contribution in [0.2, 0.25) is 0 Å². The van der Waals surface area contributed by atoms with E-state index in [1.807, 2.05) is 14.0 Å². The molecule has 106 valence electrons. The summed E-state index contributed by atoms with van der Waals surface area (Å²) in [5, 5.41) is 6.55. The number of nitrogens with zero attached hydrogens (tertiary/aromatic N) is 2. The highest BCUT2D eigenvalue weighted by Gasteiger charge is 2.10. The average molecular weight is 270 g/mol. The van der Waals surface area contributed by atoms with Crippen LogP contribution in [0.15, 0.2) is 18.2 Å². The fourth-order valence-electron chi connectivity index (χ4n) is 2.17. The maximum atomic E-state index is 4.60. The van der Waals surface area contributed by atoms with Gasteiger partial charge < -0.3 is 10.6 Å². The molecule has 1 heterocycles. The van der Waals surface area contributed by atoms with E-state index in [-0.39, 0.29) is 0 Å². The van der Waals surface area contributed by atoms with Crippen LogP contribution in [0.3, 0.4) is 0 Å². The minimum atomic E-state index is 0.816. The first-order chi connectivity index (χ1) is 9.55. The first kappa shape index (κ1) is 14.3. The topological polar surface area (TPSA) is 49.8 Å². The van der Waals surface area contributed by atoms with Crippen molar-refractivity contribution in [1.82, 2.24) is 9.97 Å². The number of nitrogens with one attached hydrogen (secondary N) is 2. The van der Waals surface area contributed by atoms with E-state index in [4.69, 9.17) is 0 Å². The van der Waals surface area contributed by atoms with Crippen LogP contribution in [-0.2, 0) is 6.42 Å². The van der Waals surface area contributed by atoms with Gasteiger partial charge in [-0.3, -0.25) is 0 Å². The smallest absolute Gasteiger partial charge is 0.139 e. The van der Waals surface area contributed by atoms with Crippen LogP contribution in [0.25, 0.3) is 0 Å². The lowest BCUT2D eigenvalue weighted by Crippen LogP contribution is -2.07. The van der Waals surface area contributed by atoms with Gasteiger partial charge in [0.05, 0.1) is 0 Å². The zero-order valence-electron chi connectivity index (χ0n) is 12.8. The predicted molar refractivity (Wildman–Crippen MR) is 84.9 cm³/mol. The first-order valence-corrected chi connectivity index (χ1v) is 6.94. The highest BCUT2D eigenvalue weighted by Crippen LogP contribution is 2.25. The van der Waals surface area contributed by atoms with Gasteiger partial charge in [0, 0.05) is 24.7 Å². The second-order valence-electron chi connectivity index (χ2n) is 5.01. The number of hydrogen-bond donors (Lipinski definition) is 2. The van der Waals surface area contributed by atoms with Gasteiger partial charge >= 0.3 is 0 Å². The molecular weight excluding hydrogens is 248 g/mol. The van der Waals surface area contributed by atoms with Crippen molar-refractivity contribution in [3.63, 3.8) is 0 Å². The Hall–Kier alpha value is -2.10. The summed E-state index contributed by atoms with van der Waals surface area (Å²) in [5.41, 5.74) is 4.59. The van der Waals surface area contributed by atoms with Gasteiger partial charge in [0.15, 0.2) is 0 Å². The molecule has 2 N–H and O–H groups in total. The van der Waals surface area contributed by atoms with Gasteiger partial charge in [0.2, 0.25) is 0 Å². The monoisotopic (exact) mass is 270 g/mol. The fourth-order valence-corrected chi connectivity index (χ4v) is 2.17. The highest BCUT2D eigenvalue weighted by molar-refractivity contribution is 5.67. The molecule has 2 rings (SSSR count). The van der Waals surface area contributed by atoms with Gasteiger partial charge in [-0.2, -0.15) is 0 Å². The molecule has 2 aromatic rings. The van der Waals surface area contributed by atoms with Crippen LogP contribution >= 0.6 is 0 Å². The molecule has 0 aliphatic rings. The Balaban J connectivity index is 2.42. The summed E-state index contributed by atoms with van der Waals surface area (Å²) in [6.45, 7) is 8.29. The summed E-state index contributed by atoms with van der Waals surface area (Å²) < 4.78 is 0. The molecular formula is C16H22N4. The van der Waals surface area contributed by atoms with Crippen molar-refractivity contribution in [2.75, 3.05) is 17.7 Å². The standard InChI is InChI=1S/C16H22N4/c1-6-14-19-15(17-5)12(4)16(20-14)18-13-8-7-10(2)9-11(13)3/h7-9H,6H2,1-5H3,(H2,17,18,19,20). The van der Waals surface area contributed by atoms with E-state index in [2.05, 4.69) is 59.6 Å². The van der Waals surface area contributed by atoms with Crippen LogP contribution in [0.4, 0.5) is 17.3 Å². The zero-order chi connectivity index (χ0) is 14.7. The number of aromatic nitrogens is 2. The molecule has 0 aliphatic heterocycles. The van der Waals surface area contributed by atoms with Gasteiger partial charge in [-0.1, -0.05) is 24.6 Å². The van der Waals surface area contributed by atoms with Gasteiger partial charge in [0.1, 0.15) is 17.5 Å². The van der Waals surface area contributed by atoms with E-state index in [1.165, 1.54) is 11.1 Å². The molecule has 0 atom stereocenters. The molecule has 4 heteroatoms. The Morgan fingerprint density at radius 3 is 2.35 bits per heavy atom. The number of rotatable bonds is 4. The molecule has 0 bridgehead atoms. The van der Waals surface area contributed by atoms with E-state index >= 15 is 0 Å². The SMILES string of the molecule is CCc1nc(NC)c(C)c(Nc2ccc(C)cc2C)n1. The second kappa shape index (κ2) is 5.90. The zero-order valence-corrected chi connectivity index (χ0v) is 12.8. The van der Waals surface area contributed by atoms with E-state index in [0.717, 1.165) is 35.1 Å². The van der Waals surface area contributed by atoms with Gasteiger partial charge in [0.25, 0.3) is 0 Å². The Labute approximate surface area is 120 Å². The lowest BCUT2D eigenvalue weighted by atomic mass is 10.1. The van der Waals surface area contributed by atoms with Gasteiger partial charge in [-0.15, -0.1) is 0 Å². The van der Waals surface area contributed by atoms with Gasteiger partial charge in [-0.25, -0.2) is 9.97 Å². The van der Waals surface area contributed by atoms with Crippen molar-refractivity contribution in [1.29, 1.82) is 0 Å². The molecule has 0 saturated carbocycles. The normalized spacial score (nSPS) is 10.4. The number of anilines is 3. The minimum absolute atomic E-state index is 0.816. The summed E-state index contributed by atoms with van der Waals surface area (Å²) >= 11 is 0. The van der Waals surface area contributed by atoms with E-state index in [1.54, 1.807) is 0 Å². The third-order valence-corrected chi connectivity index (χ3v) is 3.38. The Kier molecular flexibility index (Phi) is 4.23. The molecule has 1 aromatic heterocycles. The summed E-state index contributed by atoms with van der Waals surface area (Å²) in [4.78, 5) is 9.08. The Morgan fingerprint density at radius 1 is 1.05 bits per heavy atom. The third kappa shape index (κ3) is 2.90. The lowest BCUT2D eigenvalue weighted by molar-refractivity contribution is 0.935. The fraction of sp³-hybridized carbons (Fsp3) is 0.375. The van der Waals surface area contributed by atoms with Gasteiger partial charge in [-0.05, 0) is 32.4 Å². The van der Waals surface area contributed by atoms with Crippen LogP contribution in [0.1, 0.15) is 29.4 Å². The second-order valence-corrected chi connectivity index (χ2v) is 5.01. The van der Waals surface area contributed by atoms with Crippen molar-refractivity contribution in [3.8, 4) is 0 Å². The molecule has 0 aliphatic carbocycles. The molecule has 0 amide bonds. The van der Waals surface area contributed by atoms with E-state index < -0.39 is 0 Å². The van der Waals surface area contributed by atoms with Crippen LogP contribution in [0, 0.1) is 20.8 Å².